The average molecular weight is 495 g/mol. The minimum atomic E-state index is -1.02. The highest BCUT2D eigenvalue weighted by Gasteiger charge is 2.29. The lowest BCUT2D eigenvalue weighted by Crippen LogP contribution is -2.41. The SMILES string of the molecule is CC(Cc1ccc(Cl)cc1)NC(=O)C(C(=O)Nc1ccc(C(=N)N)cc1)c1ccccc1.O=CO. The number of nitrogen functional groups attached to an aromatic ring is 1. The normalized spacial score (nSPS) is 11.7. The number of amidine groups is 1. The highest BCUT2D eigenvalue weighted by Crippen LogP contribution is 2.20. The Labute approximate surface area is 208 Å². The van der Waals surface area contributed by atoms with Gasteiger partial charge in [-0.1, -0.05) is 54.1 Å². The van der Waals surface area contributed by atoms with Gasteiger partial charge in [0, 0.05) is 22.3 Å². The van der Waals surface area contributed by atoms with Gasteiger partial charge >= 0.3 is 0 Å². The van der Waals surface area contributed by atoms with Gasteiger partial charge in [-0.25, -0.2) is 0 Å². The van der Waals surface area contributed by atoms with Crippen LogP contribution < -0.4 is 16.4 Å². The van der Waals surface area contributed by atoms with Crippen molar-refractivity contribution in [3.63, 3.8) is 0 Å². The average Bonchev–Trinajstić information content (AvgIpc) is 2.82. The fourth-order valence-electron chi connectivity index (χ4n) is 3.37. The summed E-state index contributed by atoms with van der Waals surface area (Å²) in [6, 6.07) is 22.8. The Kier molecular flexibility index (Phi) is 10.5. The molecule has 0 bridgehead atoms. The number of carboxylic acid groups (broad SMARTS) is 1. The van der Waals surface area contributed by atoms with Gasteiger partial charge in [0.25, 0.3) is 6.47 Å². The second-order valence-corrected chi connectivity index (χ2v) is 8.11. The molecule has 0 saturated heterocycles. The molecule has 182 valence electrons. The molecule has 2 atom stereocenters. The fraction of sp³-hybridized carbons (Fsp3) is 0.154. The van der Waals surface area contributed by atoms with Crippen molar-refractivity contribution < 1.29 is 19.5 Å². The van der Waals surface area contributed by atoms with Gasteiger partial charge < -0.3 is 21.5 Å². The number of rotatable bonds is 8. The molecular formula is C26H27ClN4O4. The minimum Gasteiger partial charge on any atom is -0.483 e. The summed E-state index contributed by atoms with van der Waals surface area (Å²) >= 11 is 5.94. The van der Waals surface area contributed by atoms with Crippen LogP contribution in [0.5, 0.6) is 0 Å². The number of hydrogen-bond acceptors (Lipinski definition) is 4. The number of carbonyl (C=O) groups is 3. The first-order chi connectivity index (χ1) is 16.7. The van der Waals surface area contributed by atoms with E-state index in [-0.39, 0.29) is 24.3 Å². The number of halogens is 1. The predicted molar refractivity (Wildman–Crippen MR) is 137 cm³/mol. The summed E-state index contributed by atoms with van der Waals surface area (Å²) in [6.07, 6.45) is 0.610. The van der Waals surface area contributed by atoms with E-state index in [1.54, 1.807) is 48.5 Å². The third-order valence-electron chi connectivity index (χ3n) is 4.96. The van der Waals surface area contributed by atoms with Crippen molar-refractivity contribution >= 4 is 41.4 Å². The predicted octanol–water partition coefficient (Wildman–Crippen LogP) is 3.79. The first-order valence-electron chi connectivity index (χ1n) is 10.7. The van der Waals surface area contributed by atoms with Gasteiger partial charge in [-0.15, -0.1) is 0 Å². The van der Waals surface area contributed by atoms with Crippen LogP contribution in [-0.2, 0) is 20.8 Å². The van der Waals surface area contributed by atoms with Gasteiger partial charge in [0.05, 0.1) is 0 Å². The van der Waals surface area contributed by atoms with Gasteiger partial charge in [-0.2, -0.15) is 0 Å². The van der Waals surface area contributed by atoms with Crippen LogP contribution in [0.4, 0.5) is 5.69 Å². The topological polar surface area (TPSA) is 145 Å². The first kappa shape index (κ1) is 27.1. The standard InChI is InChI=1S/C25H25ClN4O2.CH2O2/c1-16(15-17-7-11-20(26)12-8-17)29-24(31)22(18-5-3-2-4-6-18)25(32)30-21-13-9-19(10-14-21)23(27)28;2-1-3/h2-14,16,22H,15H2,1H3,(H3,27,28)(H,29,31)(H,30,32);1H,(H,2,3). The Morgan fingerprint density at radius 1 is 1.00 bits per heavy atom. The lowest BCUT2D eigenvalue weighted by Gasteiger charge is -2.21. The summed E-state index contributed by atoms with van der Waals surface area (Å²) in [5.41, 5.74) is 8.18. The van der Waals surface area contributed by atoms with Crippen LogP contribution in [0, 0.1) is 5.41 Å². The zero-order valence-electron chi connectivity index (χ0n) is 19.1. The van der Waals surface area contributed by atoms with Crippen LogP contribution in [0.15, 0.2) is 78.9 Å². The molecular weight excluding hydrogens is 468 g/mol. The number of anilines is 1. The van der Waals surface area contributed by atoms with Crippen molar-refractivity contribution in [2.75, 3.05) is 5.32 Å². The molecule has 0 saturated carbocycles. The van der Waals surface area contributed by atoms with E-state index in [1.165, 1.54) is 0 Å². The molecule has 0 aliphatic heterocycles. The van der Waals surface area contributed by atoms with Crippen LogP contribution >= 0.6 is 11.6 Å². The molecule has 0 aliphatic rings. The third-order valence-corrected chi connectivity index (χ3v) is 5.22. The summed E-state index contributed by atoms with van der Waals surface area (Å²) in [5.74, 6) is -1.89. The van der Waals surface area contributed by atoms with E-state index in [0.29, 0.717) is 28.3 Å². The molecule has 2 amide bonds. The van der Waals surface area contributed by atoms with Crippen LogP contribution in [0.1, 0.15) is 29.5 Å². The molecule has 9 heteroatoms. The molecule has 3 aromatic carbocycles. The van der Waals surface area contributed by atoms with Gasteiger partial charge in [0.1, 0.15) is 11.8 Å². The lowest BCUT2D eigenvalue weighted by atomic mass is 9.96. The number of carbonyl (C=O) groups excluding carboxylic acids is 2. The first-order valence-corrected chi connectivity index (χ1v) is 11.1. The van der Waals surface area contributed by atoms with Crippen molar-refractivity contribution in [1.82, 2.24) is 5.32 Å². The highest BCUT2D eigenvalue weighted by atomic mass is 35.5. The number of nitrogens with one attached hydrogen (secondary N) is 3. The second-order valence-electron chi connectivity index (χ2n) is 7.67. The maximum absolute atomic E-state index is 13.1. The summed E-state index contributed by atoms with van der Waals surface area (Å²) in [6.45, 7) is 1.65. The molecule has 0 fully saturated rings. The molecule has 35 heavy (non-hydrogen) atoms. The maximum Gasteiger partial charge on any atom is 0.290 e. The number of nitrogens with two attached hydrogens (primary N) is 1. The minimum absolute atomic E-state index is 0.0564. The zero-order chi connectivity index (χ0) is 25.8. The molecule has 3 aromatic rings. The van der Waals surface area contributed by atoms with E-state index in [0.717, 1.165) is 5.56 Å². The Bertz CT molecular complexity index is 1140. The van der Waals surface area contributed by atoms with Gasteiger partial charge in [0.15, 0.2) is 0 Å². The van der Waals surface area contributed by atoms with Crippen LogP contribution in [0.25, 0.3) is 0 Å². The zero-order valence-corrected chi connectivity index (χ0v) is 19.8. The largest absolute Gasteiger partial charge is 0.483 e. The molecule has 0 heterocycles. The third kappa shape index (κ3) is 8.60. The van der Waals surface area contributed by atoms with E-state index < -0.39 is 11.8 Å². The van der Waals surface area contributed by atoms with E-state index in [2.05, 4.69) is 10.6 Å². The summed E-state index contributed by atoms with van der Waals surface area (Å²) in [4.78, 5) is 34.6. The van der Waals surface area contributed by atoms with Gasteiger partial charge in [-0.05, 0) is 60.9 Å². The fourth-order valence-corrected chi connectivity index (χ4v) is 3.49. The Balaban J connectivity index is 0.00000137. The molecule has 0 aliphatic carbocycles. The number of benzene rings is 3. The summed E-state index contributed by atoms with van der Waals surface area (Å²) in [7, 11) is 0. The highest BCUT2D eigenvalue weighted by molar-refractivity contribution is 6.30. The maximum atomic E-state index is 13.1. The lowest BCUT2D eigenvalue weighted by molar-refractivity contribution is -0.129. The van der Waals surface area contributed by atoms with E-state index in [4.69, 9.17) is 32.6 Å². The Morgan fingerprint density at radius 2 is 1.57 bits per heavy atom. The van der Waals surface area contributed by atoms with Crippen LogP contribution in [0.2, 0.25) is 5.02 Å². The quantitative estimate of drug-likeness (QED) is 0.140. The number of amides is 2. The van der Waals surface area contributed by atoms with Crippen molar-refractivity contribution in [3.05, 3.63) is 101 Å². The van der Waals surface area contributed by atoms with Crippen molar-refractivity contribution in [2.45, 2.75) is 25.3 Å². The Hall–Kier alpha value is -4.17. The second kappa shape index (κ2) is 13.5. The van der Waals surface area contributed by atoms with E-state index >= 15 is 0 Å². The number of hydrogen-bond donors (Lipinski definition) is 5. The van der Waals surface area contributed by atoms with Crippen molar-refractivity contribution in [2.24, 2.45) is 5.73 Å². The molecule has 8 nitrogen and oxygen atoms in total. The summed E-state index contributed by atoms with van der Waals surface area (Å²) < 4.78 is 0. The van der Waals surface area contributed by atoms with Crippen LogP contribution in [-0.4, -0.2) is 35.3 Å². The molecule has 6 N–H and O–H groups in total. The monoisotopic (exact) mass is 494 g/mol. The summed E-state index contributed by atoms with van der Waals surface area (Å²) in [5, 5.41) is 20.8. The van der Waals surface area contributed by atoms with Gasteiger partial charge in [-0.3, -0.25) is 19.8 Å². The molecule has 2 unspecified atom stereocenters. The molecule has 0 aromatic heterocycles. The smallest absolute Gasteiger partial charge is 0.290 e. The van der Waals surface area contributed by atoms with Crippen LogP contribution in [0.3, 0.4) is 0 Å². The molecule has 0 spiro atoms. The Morgan fingerprint density at radius 3 is 2.11 bits per heavy atom. The molecule has 0 radical (unpaired) electrons. The van der Waals surface area contributed by atoms with E-state index in [1.807, 2.05) is 37.3 Å². The van der Waals surface area contributed by atoms with E-state index in [9.17, 15) is 9.59 Å². The van der Waals surface area contributed by atoms with Crippen molar-refractivity contribution in [1.29, 1.82) is 5.41 Å². The van der Waals surface area contributed by atoms with Crippen molar-refractivity contribution in [3.8, 4) is 0 Å². The molecule has 3 rings (SSSR count). The van der Waals surface area contributed by atoms with Gasteiger partial charge in [0.2, 0.25) is 11.8 Å².